The number of rotatable bonds is 3. The van der Waals surface area contributed by atoms with Crippen LogP contribution in [0.2, 0.25) is 0 Å². The number of benzene rings is 1. The van der Waals surface area contributed by atoms with Crippen LogP contribution in [0.25, 0.3) is 0 Å². The number of hydrogen-bond acceptors (Lipinski definition) is 4. The van der Waals surface area contributed by atoms with Crippen LogP contribution < -0.4 is 5.32 Å². The Bertz CT molecular complexity index is 604. The Morgan fingerprint density at radius 2 is 2.10 bits per heavy atom. The number of likely N-dealkylation sites (tertiary alicyclic amines) is 1. The lowest BCUT2D eigenvalue weighted by atomic mass is 10.0. The average Bonchev–Trinajstić information content (AvgIpc) is 2.46. The van der Waals surface area contributed by atoms with E-state index in [0.29, 0.717) is 18.2 Å². The molecule has 1 saturated heterocycles. The molecule has 0 radical (unpaired) electrons. The smallest absolute Gasteiger partial charge is 0.253 e. The minimum atomic E-state index is -3.29. The van der Waals surface area contributed by atoms with Crippen LogP contribution in [0, 0.1) is 0 Å². The van der Waals surface area contributed by atoms with Gasteiger partial charge in [-0.1, -0.05) is 6.07 Å². The fraction of sp³-hybridized carbons (Fsp3) is 0.500. The summed E-state index contributed by atoms with van der Waals surface area (Å²) in [5, 5.41) is 3.19. The summed E-state index contributed by atoms with van der Waals surface area (Å²) in [7, 11) is -1.40. The lowest BCUT2D eigenvalue weighted by Gasteiger charge is -2.32. The number of sulfone groups is 1. The van der Waals surface area contributed by atoms with Crippen molar-refractivity contribution in [2.75, 3.05) is 26.4 Å². The van der Waals surface area contributed by atoms with Crippen molar-refractivity contribution in [2.45, 2.75) is 23.8 Å². The molecule has 1 unspecified atom stereocenters. The first-order valence-electron chi connectivity index (χ1n) is 6.68. The number of likely N-dealkylation sites (N-methyl/N-ethyl adjacent to an activating group) is 1. The molecule has 1 aliphatic heterocycles. The van der Waals surface area contributed by atoms with Crippen molar-refractivity contribution in [1.29, 1.82) is 0 Å². The van der Waals surface area contributed by atoms with Gasteiger partial charge in [-0.15, -0.1) is 12.4 Å². The van der Waals surface area contributed by atoms with Crippen LogP contribution in [0.1, 0.15) is 23.2 Å². The highest BCUT2D eigenvalue weighted by atomic mass is 35.5. The van der Waals surface area contributed by atoms with Gasteiger partial charge in [0.05, 0.1) is 4.90 Å². The molecule has 0 aromatic heterocycles. The van der Waals surface area contributed by atoms with Gasteiger partial charge in [0.1, 0.15) is 0 Å². The van der Waals surface area contributed by atoms with Gasteiger partial charge in [-0.25, -0.2) is 8.42 Å². The highest BCUT2D eigenvalue weighted by Crippen LogP contribution is 2.16. The molecule has 1 amide bonds. The summed E-state index contributed by atoms with van der Waals surface area (Å²) >= 11 is 0. The Kier molecular flexibility index (Phi) is 6.19. The first-order chi connectivity index (χ1) is 9.41. The van der Waals surface area contributed by atoms with Crippen molar-refractivity contribution >= 4 is 28.2 Å². The highest BCUT2D eigenvalue weighted by molar-refractivity contribution is 7.90. The molecule has 21 heavy (non-hydrogen) atoms. The number of nitrogens with one attached hydrogen (secondary N) is 1. The summed E-state index contributed by atoms with van der Waals surface area (Å²) in [5.74, 6) is -0.101. The van der Waals surface area contributed by atoms with Crippen molar-refractivity contribution in [3.63, 3.8) is 0 Å². The minimum absolute atomic E-state index is 0. The fourth-order valence-electron chi connectivity index (χ4n) is 2.44. The van der Waals surface area contributed by atoms with Gasteiger partial charge in [0.15, 0.2) is 9.84 Å². The molecule has 118 valence electrons. The van der Waals surface area contributed by atoms with E-state index in [1.165, 1.54) is 12.1 Å². The van der Waals surface area contributed by atoms with E-state index in [2.05, 4.69) is 5.32 Å². The number of amides is 1. The summed E-state index contributed by atoms with van der Waals surface area (Å²) < 4.78 is 23.1. The maximum Gasteiger partial charge on any atom is 0.253 e. The van der Waals surface area contributed by atoms with Crippen molar-refractivity contribution < 1.29 is 13.2 Å². The monoisotopic (exact) mass is 332 g/mol. The molecule has 1 aromatic carbocycles. The molecule has 1 fully saturated rings. The minimum Gasteiger partial charge on any atom is -0.337 e. The molecule has 1 atom stereocenters. The van der Waals surface area contributed by atoms with Crippen LogP contribution in [0.5, 0.6) is 0 Å². The van der Waals surface area contributed by atoms with Crippen molar-refractivity contribution in [2.24, 2.45) is 0 Å². The van der Waals surface area contributed by atoms with Gasteiger partial charge in [-0.3, -0.25) is 4.79 Å². The molecular weight excluding hydrogens is 312 g/mol. The first-order valence-corrected chi connectivity index (χ1v) is 8.57. The standard InChI is InChI=1S/C14H20N2O3S.ClH/c1-15-12-6-4-8-16(10-12)14(17)11-5-3-7-13(9-11)20(2,18)19;/h3,5,7,9,12,15H,4,6,8,10H2,1-2H3;1H. The van der Waals surface area contributed by atoms with E-state index < -0.39 is 9.84 Å². The van der Waals surface area contributed by atoms with E-state index in [1.807, 2.05) is 7.05 Å². The summed E-state index contributed by atoms with van der Waals surface area (Å²) in [6.07, 6.45) is 3.17. The van der Waals surface area contributed by atoms with Crippen LogP contribution in [0.15, 0.2) is 29.2 Å². The normalized spacial score (nSPS) is 19.0. The van der Waals surface area contributed by atoms with E-state index in [9.17, 15) is 13.2 Å². The van der Waals surface area contributed by atoms with Crippen molar-refractivity contribution in [3.8, 4) is 0 Å². The Labute approximate surface area is 132 Å². The van der Waals surface area contributed by atoms with Gasteiger partial charge < -0.3 is 10.2 Å². The van der Waals surface area contributed by atoms with Gasteiger partial charge in [0, 0.05) is 31.0 Å². The second kappa shape index (κ2) is 7.24. The molecule has 1 heterocycles. The van der Waals surface area contributed by atoms with E-state index in [0.717, 1.165) is 25.6 Å². The number of hydrogen-bond donors (Lipinski definition) is 1. The van der Waals surface area contributed by atoms with Crippen molar-refractivity contribution in [3.05, 3.63) is 29.8 Å². The maximum atomic E-state index is 12.4. The Morgan fingerprint density at radius 3 is 2.71 bits per heavy atom. The first kappa shape index (κ1) is 17.9. The molecule has 1 aromatic rings. The Morgan fingerprint density at radius 1 is 1.38 bits per heavy atom. The summed E-state index contributed by atoms with van der Waals surface area (Å²) in [4.78, 5) is 14.4. The molecule has 1 N–H and O–H groups in total. The number of carbonyl (C=O) groups excluding carboxylic acids is 1. The molecule has 2 rings (SSSR count). The highest BCUT2D eigenvalue weighted by Gasteiger charge is 2.24. The SMILES string of the molecule is CNC1CCCN(C(=O)c2cccc(S(C)(=O)=O)c2)C1.Cl. The quantitative estimate of drug-likeness (QED) is 0.907. The number of nitrogens with zero attached hydrogens (tertiary/aromatic N) is 1. The van der Waals surface area contributed by atoms with Gasteiger partial charge in [0.25, 0.3) is 5.91 Å². The lowest BCUT2D eigenvalue weighted by Crippen LogP contribution is -2.46. The zero-order valence-electron chi connectivity index (χ0n) is 12.2. The predicted octanol–water partition coefficient (Wildman–Crippen LogP) is 1.34. The average molecular weight is 333 g/mol. The number of piperidine rings is 1. The molecule has 0 bridgehead atoms. The second-order valence-corrected chi connectivity index (χ2v) is 7.19. The van der Waals surface area contributed by atoms with Crippen molar-refractivity contribution in [1.82, 2.24) is 10.2 Å². The molecule has 5 nitrogen and oxygen atoms in total. The second-order valence-electron chi connectivity index (χ2n) is 5.18. The Balaban J connectivity index is 0.00000220. The molecule has 7 heteroatoms. The predicted molar refractivity (Wildman–Crippen MR) is 84.8 cm³/mol. The van der Waals surface area contributed by atoms with E-state index >= 15 is 0 Å². The van der Waals surface area contributed by atoms with E-state index in [-0.39, 0.29) is 23.2 Å². The summed E-state index contributed by atoms with van der Waals surface area (Å²) in [6.45, 7) is 1.39. The van der Waals surface area contributed by atoms with Crippen LogP contribution in [-0.2, 0) is 9.84 Å². The fourth-order valence-corrected chi connectivity index (χ4v) is 3.11. The third-order valence-electron chi connectivity index (χ3n) is 3.63. The summed E-state index contributed by atoms with van der Waals surface area (Å²) in [5.41, 5.74) is 0.435. The zero-order chi connectivity index (χ0) is 14.8. The van der Waals surface area contributed by atoms with E-state index in [4.69, 9.17) is 0 Å². The summed E-state index contributed by atoms with van der Waals surface area (Å²) in [6, 6.07) is 6.56. The largest absolute Gasteiger partial charge is 0.337 e. The number of carbonyl (C=O) groups is 1. The third kappa shape index (κ3) is 4.43. The van der Waals surface area contributed by atoms with Gasteiger partial charge in [0.2, 0.25) is 0 Å². The molecule has 0 saturated carbocycles. The Hall–Kier alpha value is -1.11. The topological polar surface area (TPSA) is 66.5 Å². The lowest BCUT2D eigenvalue weighted by molar-refractivity contribution is 0.0698. The number of halogens is 1. The van der Waals surface area contributed by atoms with Gasteiger partial charge in [-0.05, 0) is 38.1 Å². The molecule has 0 aliphatic carbocycles. The van der Waals surface area contributed by atoms with Crippen LogP contribution in [-0.4, -0.2) is 51.7 Å². The molecule has 1 aliphatic rings. The van der Waals surface area contributed by atoms with Crippen LogP contribution in [0.3, 0.4) is 0 Å². The van der Waals surface area contributed by atoms with Gasteiger partial charge in [-0.2, -0.15) is 0 Å². The van der Waals surface area contributed by atoms with Gasteiger partial charge >= 0.3 is 0 Å². The zero-order valence-corrected chi connectivity index (χ0v) is 13.8. The van der Waals surface area contributed by atoms with Crippen LogP contribution in [0.4, 0.5) is 0 Å². The van der Waals surface area contributed by atoms with Crippen LogP contribution >= 0.6 is 12.4 Å². The third-order valence-corrected chi connectivity index (χ3v) is 4.74. The maximum absolute atomic E-state index is 12.4. The molecular formula is C14H21ClN2O3S. The van der Waals surface area contributed by atoms with E-state index in [1.54, 1.807) is 17.0 Å². The molecule has 0 spiro atoms.